The van der Waals surface area contributed by atoms with Crippen LogP contribution in [0, 0.1) is 12.8 Å². The van der Waals surface area contributed by atoms with Crippen LogP contribution in [0.4, 0.5) is 5.69 Å². The van der Waals surface area contributed by atoms with Crippen molar-refractivity contribution in [3.05, 3.63) is 65.2 Å². The lowest BCUT2D eigenvalue weighted by Gasteiger charge is -2.27. The van der Waals surface area contributed by atoms with Crippen LogP contribution in [0.3, 0.4) is 0 Å². The van der Waals surface area contributed by atoms with Crippen molar-refractivity contribution in [2.24, 2.45) is 5.92 Å². The van der Waals surface area contributed by atoms with E-state index in [1.165, 1.54) is 5.56 Å². The molecule has 2 aromatic carbocycles. The van der Waals surface area contributed by atoms with Gasteiger partial charge in [0.15, 0.2) is 0 Å². The number of aryl methyl sites for hydroxylation is 1. The molecule has 2 aliphatic rings. The van der Waals surface area contributed by atoms with Gasteiger partial charge in [-0.05, 0) is 55.9 Å². The topological polar surface area (TPSA) is 40.6 Å². The number of likely N-dealkylation sites (tertiary alicyclic amines) is 1. The Morgan fingerprint density at radius 3 is 2.33 bits per heavy atom. The first-order chi connectivity index (χ1) is 14.6. The number of hydrogen-bond acceptors (Lipinski definition) is 2. The number of anilines is 1. The maximum Gasteiger partial charge on any atom is 0.230 e. The Labute approximate surface area is 179 Å². The second-order valence-electron chi connectivity index (χ2n) is 8.83. The van der Waals surface area contributed by atoms with E-state index >= 15 is 0 Å². The molecule has 2 fully saturated rings. The Morgan fingerprint density at radius 1 is 0.933 bits per heavy atom. The van der Waals surface area contributed by atoms with Crippen LogP contribution in [0.2, 0.25) is 0 Å². The third kappa shape index (κ3) is 4.92. The zero-order valence-electron chi connectivity index (χ0n) is 18.0. The maximum atomic E-state index is 13.4. The molecule has 2 aromatic rings. The van der Waals surface area contributed by atoms with Crippen molar-refractivity contribution in [3.8, 4) is 0 Å². The fourth-order valence-corrected chi connectivity index (χ4v) is 4.65. The highest BCUT2D eigenvalue weighted by Gasteiger charge is 2.28. The van der Waals surface area contributed by atoms with Crippen LogP contribution in [0.5, 0.6) is 0 Å². The Morgan fingerprint density at radius 2 is 1.63 bits per heavy atom. The molecule has 4 rings (SSSR count). The van der Waals surface area contributed by atoms with Gasteiger partial charge in [0.1, 0.15) is 0 Å². The van der Waals surface area contributed by atoms with Gasteiger partial charge < -0.3 is 9.80 Å². The first-order valence-corrected chi connectivity index (χ1v) is 11.3. The minimum Gasteiger partial charge on any atom is -0.342 e. The molecule has 0 unspecified atom stereocenters. The first kappa shape index (κ1) is 20.6. The van der Waals surface area contributed by atoms with Crippen molar-refractivity contribution in [2.45, 2.75) is 58.4 Å². The van der Waals surface area contributed by atoms with E-state index in [9.17, 15) is 9.59 Å². The van der Waals surface area contributed by atoms with E-state index in [-0.39, 0.29) is 17.7 Å². The SMILES string of the molecule is Cc1ccc(CN(C(=O)C2CCCC2)c2cccc(CC(=O)N3CCCC3)c2)cc1. The molecule has 0 radical (unpaired) electrons. The summed E-state index contributed by atoms with van der Waals surface area (Å²) in [6.07, 6.45) is 6.85. The first-order valence-electron chi connectivity index (χ1n) is 11.3. The van der Waals surface area contributed by atoms with Gasteiger partial charge in [-0.15, -0.1) is 0 Å². The average Bonchev–Trinajstić information content (AvgIpc) is 3.47. The highest BCUT2D eigenvalue weighted by Crippen LogP contribution is 2.30. The van der Waals surface area contributed by atoms with Gasteiger partial charge >= 0.3 is 0 Å². The second-order valence-corrected chi connectivity index (χ2v) is 8.83. The van der Waals surface area contributed by atoms with Crippen molar-refractivity contribution in [2.75, 3.05) is 18.0 Å². The minimum absolute atomic E-state index is 0.116. The van der Waals surface area contributed by atoms with E-state index in [4.69, 9.17) is 0 Å². The van der Waals surface area contributed by atoms with E-state index in [1.54, 1.807) is 0 Å². The smallest absolute Gasteiger partial charge is 0.230 e. The Bertz CT molecular complexity index is 878. The van der Waals surface area contributed by atoms with Crippen molar-refractivity contribution in [3.63, 3.8) is 0 Å². The van der Waals surface area contributed by atoms with Crippen LogP contribution in [0.15, 0.2) is 48.5 Å². The normalized spacial score (nSPS) is 16.8. The fraction of sp³-hybridized carbons (Fsp3) is 0.462. The van der Waals surface area contributed by atoms with E-state index in [2.05, 4.69) is 31.2 Å². The van der Waals surface area contributed by atoms with Crippen LogP contribution >= 0.6 is 0 Å². The van der Waals surface area contributed by atoms with Gasteiger partial charge in [-0.3, -0.25) is 9.59 Å². The fourth-order valence-electron chi connectivity index (χ4n) is 4.65. The number of amides is 2. The Kier molecular flexibility index (Phi) is 6.51. The van der Waals surface area contributed by atoms with E-state index < -0.39 is 0 Å². The monoisotopic (exact) mass is 404 g/mol. The van der Waals surface area contributed by atoms with Gasteiger partial charge in [0.05, 0.1) is 13.0 Å². The number of hydrogen-bond donors (Lipinski definition) is 0. The summed E-state index contributed by atoms with van der Waals surface area (Å²) in [6, 6.07) is 16.4. The van der Waals surface area contributed by atoms with Gasteiger partial charge in [0.25, 0.3) is 0 Å². The number of rotatable bonds is 6. The van der Waals surface area contributed by atoms with E-state index in [0.717, 1.165) is 68.4 Å². The molecule has 0 atom stereocenters. The number of carbonyl (C=O) groups is 2. The lowest BCUT2D eigenvalue weighted by molar-refractivity contribution is -0.129. The molecule has 0 bridgehead atoms. The number of benzene rings is 2. The maximum absolute atomic E-state index is 13.4. The van der Waals surface area contributed by atoms with Crippen LogP contribution in [-0.4, -0.2) is 29.8 Å². The van der Waals surface area contributed by atoms with Crippen LogP contribution in [0.1, 0.15) is 55.2 Å². The highest BCUT2D eigenvalue weighted by molar-refractivity contribution is 5.95. The molecule has 1 aliphatic carbocycles. The predicted octanol–water partition coefficient (Wildman–Crippen LogP) is 4.88. The molecule has 1 aliphatic heterocycles. The Hall–Kier alpha value is -2.62. The quantitative estimate of drug-likeness (QED) is 0.688. The second kappa shape index (κ2) is 9.46. The summed E-state index contributed by atoms with van der Waals surface area (Å²) < 4.78 is 0. The molecule has 4 heteroatoms. The zero-order valence-corrected chi connectivity index (χ0v) is 18.0. The molecule has 1 heterocycles. The van der Waals surface area contributed by atoms with Crippen molar-refractivity contribution >= 4 is 17.5 Å². The van der Waals surface area contributed by atoms with Crippen LogP contribution in [-0.2, 0) is 22.6 Å². The number of carbonyl (C=O) groups excluding carboxylic acids is 2. The summed E-state index contributed by atoms with van der Waals surface area (Å²) in [6.45, 7) is 4.39. The molecule has 158 valence electrons. The third-order valence-corrected chi connectivity index (χ3v) is 6.47. The summed E-state index contributed by atoms with van der Waals surface area (Å²) in [5, 5.41) is 0. The summed E-state index contributed by atoms with van der Waals surface area (Å²) in [4.78, 5) is 29.9. The van der Waals surface area contributed by atoms with E-state index in [1.807, 2.05) is 34.1 Å². The van der Waals surface area contributed by atoms with Gasteiger partial charge in [-0.1, -0.05) is 54.8 Å². The molecule has 0 spiro atoms. The van der Waals surface area contributed by atoms with Crippen molar-refractivity contribution < 1.29 is 9.59 Å². The third-order valence-electron chi connectivity index (χ3n) is 6.47. The molecule has 1 saturated heterocycles. The number of nitrogens with zero attached hydrogens (tertiary/aromatic N) is 2. The lowest BCUT2D eigenvalue weighted by atomic mass is 10.0. The average molecular weight is 405 g/mol. The Balaban J connectivity index is 1.56. The molecule has 30 heavy (non-hydrogen) atoms. The largest absolute Gasteiger partial charge is 0.342 e. The van der Waals surface area contributed by atoms with Crippen LogP contribution < -0.4 is 4.90 Å². The summed E-state index contributed by atoms with van der Waals surface area (Å²) in [5.41, 5.74) is 4.23. The standard InChI is InChI=1S/C26H32N2O2/c1-20-11-13-21(14-12-20)19-28(26(30)23-8-2-3-9-23)24-10-6-7-22(17-24)18-25(29)27-15-4-5-16-27/h6-7,10-14,17,23H,2-5,8-9,15-16,18-19H2,1H3. The molecular weight excluding hydrogens is 372 g/mol. The van der Waals surface area contributed by atoms with Gasteiger partial charge in [0, 0.05) is 24.7 Å². The van der Waals surface area contributed by atoms with E-state index in [0.29, 0.717) is 13.0 Å². The van der Waals surface area contributed by atoms with Gasteiger partial charge in [-0.2, -0.15) is 0 Å². The van der Waals surface area contributed by atoms with Crippen molar-refractivity contribution in [1.29, 1.82) is 0 Å². The molecule has 0 aromatic heterocycles. The highest BCUT2D eigenvalue weighted by atomic mass is 16.2. The van der Waals surface area contributed by atoms with Crippen LogP contribution in [0.25, 0.3) is 0 Å². The summed E-state index contributed by atoms with van der Waals surface area (Å²) in [7, 11) is 0. The molecule has 2 amide bonds. The zero-order chi connectivity index (χ0) is 20.9. The summed E-state index contributed by atoms with van der Waals surface area (Å²) in [5.74, 6) is 0.526. The molecular formula is C26H32N2O2. The predicted molar refractivity (Wildman–Crippen MR) is 120 cm³/mol. The van der Waals surface area contributed by atoms with Crippen molar-refractivity contribution in [1.82, 2.24) is 4.90 Å². The van der Waals surface area contributed by atoms with Gasteiger partial charge in [0.2, 0.25) is 11.8 Å². The molecule has 0 N–H and O–H groups in total. The molecule has 4 nitrogen and oxygen atoms in total. The van der Waals surface area contributed by atoms with Gasteiger partial charge in [-0.25, -0.2) is 0 Å². The molecule has 1 saturated carbocycles. The lowest BCUT2D eigenvalue weighted by Crippen LogP contribution is -2.35. The summed E-state index contributed by atoms with van der Waals surface area (Å²) >= 11 is 0. The minimum atomic E-state index is 0.116.